The molecule has 78 valence electrons. The summed E-state index contributed by atoms with van der Waals surface area (Å²) in [7, 11) is 0. The summed E-state index contributed by atoms with van der Waals surface area (Å²) >= 11 is 0. The normalized spacial score (nSPS) is 13.7. The maximum absolute atomic E-state index is 11.6. The molecule has 0 radical (unpaired) electrons. The highest BCUT2D eigenvalue weighted by Crippen LogP contribution is 2.15. The lowest BCUT2D eigenvalue weighted by atomic mass is 9.95. The number of carbonyl (C=O) groups excluding carboxylic acids is 1. The van der Waals surface area contributed by atoms with Gasteiger partial charge < -0.3 is 5.32 Å². The molecule has 1 amide bonds. The Morgan fingerprint density at radius 2 is 2.21 bits per heavy atom. The second-order valence-electron chi connectivity index (χ2n) is 4.32. The molecule has 0 aromatic carbocycles. The molecule has 0 spiro atoms. The monoisotopic (exact) mass is 196 g/mol. The molecule has 0 fully saturated rings. The molecular formula is C9H16N4O. The zero-order chi connectivity index (χ0) is 10.8. The van der Waals surface area contributed by atoms with Crippen LogP contribution in [0.1, 0.15) is 39.6 Å². The van der Waals surface area contributed by atoms with E-state index in [2.05, 4.69) is 20.5 Å². The SMILES string of the molecule is CC(NC(=O)C(C)(C)C)c1ncn[nH]1. The summed E-state index contributed by atoms with van der Waals surface area (Å²) in [6, 6.07) is -0.135. The molecule has 0 aliphatic carbocycles. The third kappa shape index (κ3) is 2.55. The number of H-pyrrole nitrogens is 1. The number of aromatic amines is 1. The number of rotatable bonds is 2. The van der Waals surface area contributed by atoms with E-state index in [0.29, 0.717) is 5.82 Å². The van der Waals surface area contributed by atoms with Gasteiger partial charge in [-0.25, -0.2) is 4.98 Å². The summed E-state index contributed by atoms with van der Waals surface area (Å²) in [4.78, 5) is 15.6. The number of carbonyl (C=O) groups is 1. The number of nitrogens with zero attached hydrogens (tertiary/aromatic N) is 2. The van der Waals surface area contributed by atoms with Crippen molar-refractivity contribution in [3.05, 3.63) is 12.2 Å². The molecule has 14 heavy (non-hydrogen) atoms. The van der Waals surface area contributed by atoms with E-state index in [4.69, 9.17) is 0 Å². The van der Waals surface area contributed by atoms with Crippen LogP contribution in [-0.4, -0.2) is 21.1 Å². The van der Waals surface area contributed by atoms with Crippen LogP contribution in [-0.2, 0) is 4.79 Å². The van der Waals surface area contributed by atoms with Crippen LogP contribution in [0.2, 0.25) is 0 Å². The topological polar surface area (TPSA) is 70.7 Å². The van der Waals surface area contributed by atoms with Crippen molar-refractivity contribution >= 4 is 5.91 Å². The van der Waals surface area contributed by atoms with Crippen molar-refractivity contribution in [2.75, 3.05) is 0 Å². The Morgan fingerprint density at radius 1 is 1.57 bits per heavy atom. The van der Waals surface area contributed by atoms with Gasteiger partial charge in [-0.15, -0.1) is 0 Å². The van der Waals surface area contributed by atoms with Gasteiger partial charge >= 0.3 is 0 Å². The molecule has 1 unspecified atom stereocenters. The molecule has 2 N–H and O–H groups in total. The first kappa shape index (κ1) is 10.7. The minimum atomic E-state index is -0.381. The van der Waals surface area contributed by atoms with Crippen molar-refractivity contribution < 1.29 is 4.79 Å². The van der Waals surface area contributed by atoms with Crippen LogP contribution in [0.25, 0.3) is 0 Å². The van der Waals surface area contributed by atoms with Crippen LogP contribution in [0.5, 0.6) is 0 Å². The molecule has 1 rings (SSSR count). The number of hydrogen-bond acceptors (Lipinski definition) is 3. The van der Waals surface area contributed by atoms with Gasteiger partial charge in [-0.2, -0.15) is 5.10 Å². The third-order valence-corrected chi connectivity index (χ3v) is 1.87. The van der Waals surface area contributed by atoms with E-state index in [1.807, 2.05) is 27.7 Å². The maximum Gasteiger partial charge on any atom is 0.225 e. The summed E-state index contributed by atoms with van der Waals surface area (Å²) in [6.45, 7) is 7.48. The molecule has 1 aromatic heterocycles. The van der Waals surface area contributed by atoms with Crippen molar-refractivity contribution in [1.82, 2.24) is 20.5 Å². The van der Waals surface area contributed by atoms with E-state index in [0.717, 1.165) is 0 Å². The zero-order valence-electron chi connectivity index (χ0n) is 8.96. The lowest BCUT2D eigenvalue weighted by Crippen LogP contribution is -2.36. The van der Waals surface area contributed by atoms with Crippen molar-refractivity contribution in [1.29, 1.82) is 0 Å². The van der Waals surface area contributed by atoms with E-state index in [9.17, 15) is 4.79 Å². The number of aromatic nitrogens is 3. The minimum absolute atomic E-state index is 0.00130. The van der Waals surface area contributed by atoms with Crippen LogP contribution in [0.15, 0.2) is 6.33 Å². The predicted molar refractivity (Wildman–Crippen MR) is 52.4 cm³/mol. The molecule has 1 heterocycles. The van der Waals surface area contributed by atoms with Crippen molar-refractivity contribution in [3.63, 3.8) is 0 Å². The summed E-state index contributed by atoms with van der Waals surface area (Å²) < 4.78 is 0. The lowest BCUT2D eigenvalue weighted by Gasteiger charge is -2.20. The Kier molecular flexibility index (Phi) is 2.88. The number of nitrogens with one attached hydrogen (secondary N) is 2. The largest absolute Gasteiger partial charge is 0.346 e. The van der Waals surface area contributed by atoms with Gasteiger partial charge in [0, 0.05) is 5.41 Å². The van der Waals surface area contributed by atoms with E-state index < -0.39 is 0 Å². The first-order chi connectivity index (χ1) is 6.41. The quantitative estimate of drug-likeness (QED) is 0.742. The van der Waals surface area contributed by atoms with Crippen LogP contribution in [0.3, 0.4) is 0 Å². The van der Waals surface area contributed by atoms with Gasteiger partial charge in [0.2, 0.25) is 5.91 Å². The second kappa shape index (κ2) is 3.77. The van der Waals surface area contributed by atoms with E-state index in [1.165, 1.54) is 6.33 Å². The molecule has 5 heteroatoms. The van der Waals surface area contributed by atoms with E-state index in [1.54, 1.807) is 0 Å². The van der Waals surface area contributed by atoms with E-state index >= 15 is 0 Å². The highest BCUT2D eigenvalue weighted by molar-refractivity contribution is 5.81. The summed E-state index contributed by atoms with van der Waals surface area (Å²) in [6.07, 6.45) is 1.43. The molecule has 0 aliphatic heterocycles. The van der Waals surface area contributed by atoms with Crippen LogP contribution < -0.4 is 5.32 Å². The lowest BCUT2D eigenvalue weighted by molar-refractivity contribution is -0.129. The molecule has 0 bridgehead atoms. The molecule has 0 saturated heterocycles. The van der Waals surface area contributed by atoms with Gasteiger partial charge in [-0.3, -0.25) is 9.89 Å². The standard InChI is InChI=1S/C9H16N4O/c1-6(7-10-5-11-13-7)12-8(14)9(2,3)4/h5-6H,1-4H3,(H,12,14)(H,10,11,13). The maximum atomic E-state index is 11.6. The smallest absolute Gasteiger partial charge is 0.225 e. The molecule has 0 aliphatic rings. The third-order valence-electron chi connectivity index (χ3n) is 1.87. The fraction of sp³-hybridized carbons (Fsp3) is 0.667. The average Bonchev–Trinajstić information content (AvgIpc) is 2.53. The number of hydrogen-bond donors (Lipinski definition) is 2. The Labute approximate surface area is 83.3 Å². The zero-order valence-corrected chi connectivity index (χ0v) is 8.96. The Bertz CT molecular complexity index is 299. The molecule has 1 aromatic rings. The Morgan fingerprint density at radius 3 is 2.64 bits per heavy atom. The minimum Gasteiger partial charge on any atom is -0.346 e. The highest BCUT2D eigenvalue weighted by atomic mass is 16.2. The summed E-state index contributed by atoms with van der Waals surface area (Å²) in [5, 5.41) is 9.29. The van der Waals surface area contributed by atoms with Gasteiger partial charge in [0.05, 0.1) is 6.04 Å². The summed E-state index contributed by atoms with van der Waals surface area (Å²) in [5.74, 6) is 0.670. The molecule has 1 atom stereocenters. The van der Waals surface area contributed by atoms with Gasteiger partial charge in [-0.1, -0.05) is 20.8 Å². The van der Waals surface area contributed by atoms with Gasteiger partial charge in [0.15, 0.2) is 0 Å². The van der Waals surface area contributed by atoms with Crippen LogP contribution >= 0.6 is 0 Å². The Balaban J connectivity index is 2.58. The van der Waals surface area contributed by atoms with Gasteiger partial charge in [-0.05, 0) is 6.92 Å². The van der Waals surface area contributed by atoms with Gasteiger partial charge in [0.25, 0.3) is 0 Å². The molecular weight excluding hydrogens is 180 g/mol. The average molecular weight is 196 g/mol. The summed E-state index contributed by atoms with van der Waals surface area (Å²) in [5.41, 5.74) is -0.381. The fourth-order valence-electron chi connectivity index (χ4n) is 0.905. The van der Waals surface area contributed by atoms with Crippen LogP contribution in [0.4, 0.5) is 0 Å². The van der Waals surface area contributed by atoms with Crippen LogP contribution in [0, 0.1) is 5.41 Å². The first-order valence-electron chi connectivity index (χ1n) is 4.57. The van der Waals surface area contributed by atoms with Crippen molar-refractivity contribution in [2.24, 2.45) is 5.41 Å². The molecule has 5 nitrogen and oxygen atoms in total. The predicted octanol–water partition coefficient (Wildman–Crippen LogP) is 1.03. The second-order valence-corrected chi connectivity index (χ2v) is 4.32. The first-order valence-corrected chi connectivity index (χ1v) is 4.57. The van der Waals surface area contributed by atoms with E-state index in [-0.39, 0.29) is 17.4 Å². The fourth-order valence-corrected chi connectivity index (χ4v) is 0.905. The van der Waals surface area contributed by atoms with Crippen molar-refractivity contribution in [2.45, 2.75) is 33.7 Å². The van der Waals surface area contributed by atoms with Crippen molar-refractivity contribution in [3.8, 4) is 0 Å². The Hall–Kier alpha value is -1.39. The van der Waals surface area contributed by atoms with Gasteiger partial charge in [0.1, 0.15) is 12.2 Å². The highest BCUT2D eigenvalue weighted by Gasteiger charge is 2.23. The molecule has 0 saturated carbocycles. The number of amides is 1.